The van der Waals surface area contributed by atoms with Gasteiger partial charge in [0.1, 0.15) is 17.4 Å². The van der Waals surface area contributed by atoms with Gasteiger partial charge in [0.15, 0.2) is 0 Å². The van der Waals surface area contributed by atoms with Gasteiger partial charge in [-0.15, -0.1) is 13.2 Å². The van der Waals surface area contributed by atoms with Crippen molar-refractivity contribution in [3.8, 4) is 5.75 Å². The molecule has 0 aromatic heterocycles. The molecule has 3 saturated heterocycles. The molecule has 4 rings (SSSR count). The highest BCUT2D eigenvalue weighted by Crippen LogP contribution is 2.60. The Morgan fingerprint density at radius 3 is 2.50 bits per heavy atom. The SMILES string of the molecule is C=CCN(CCC)C(=O)[C@H]1[C@@H]2OC3(CC2Br)C(C(=O)N(CC=C)c2ccc(OC)cc2)N(CCCCO)C(=O)[C@H]13. The van der Waals surface area contributed by atoms with E-state index in [-0.39, 0.29) is 42.2 Å². The van der Waals surface area contributed by atoms with Crippen molar-refractivity contribution in [3.63, 3.8) is 0 Å². The summed E-state index contributed by atoms with van der Waals surface area (Å²) >= 11 is 3.74. The van der Waals surface area contributed by atoms with E-state index < -0.39 is 29.6 Å². The Hall–Kier alpha value is -2.69. The van der Waals surface area contributed by atoms with Crippen molar-refractivity contribution in [2.75, 3.05) is 44.8 Å². The fraction of sp³-hybridized carbons (Fsp3) is 0.567. The Bertz CT molecular complexity index is 1110. The third kappa shape index (κ3) is 5.21. The molecule has 10 heteroatoms. The van der Waals surface area contributed by atoms with Gasteiger partial charge in [-0.05, 0) is 49.9 Å². The first-order chi connectivity index (χ1) is 19.3. The first-order valence-corrected chi connectivity index (χ1v) is 14.9. The van der Waals surface area contributed by atoms with Gasteiger partial charge in [0.05, 0.1) is 25.0 Å². The number of rotatable bonds is 14. The van der Waals surface area contributed by atoms with Gasteiger partial charge in [0, 0.05) is 43.3 Å². The number of aliphatic hydroxyl groups is 1. The Labute approximate surface area is 244 Å². The van der Waals surface area contributed by atoms with Gasteiger partial charge in [-0.25, -0.2) is 0 Å². The minimum absolute atomic E-state index is 0.0135. The third-order valence-corrected chi connectivity index (χ3v) is 9.08. The molecule has 40 heavy (non-hydrogen) atoms. The van der Waals surface area contributed by atoms with Crippen LogP contribution in [0.4, 0.5) is 5.69 Å². The van der Waals surface area contributed by atoms with Crippen LogP contribution >= 0.6 is 15.9 Å². The van der Waals surface area contributed by atoms with Crippen molar-refractivity contribution in [1.29, 1.82) is 0 Å². The third-order valence-electron chi connectivity index (χ3n) is 8.23. The van der Waals surface area contributed by atoms with Crippen LogP contribution in [0.3, 0.4) is 0 Å². The second-order valence-corrected chi connectivity index (χ2v) is 11.8. The van der Waals surface area contributed by atoms with Crippen molar-refractivity contribution in [2.45, 2.75) is 55.2 Å². The lowest BCUT2D eigenvalue weighted by Gasteiger charge is -2.37. The summed E-state index contributed by atoms with van der Waals surface area (Å²) in [5.74, 6) is -1.48. The summed E-state index contributed by atoms with van der Waals surface area (Å²) in [6.07, 6.45) is 5.04. The number of hydrogen-bond acceptors (Lipinski definition) is 6. The molecule has 1 spiro atoms. The summed E-state index contributed by atoms with van der Waals surface area (Å²) in [7, 11) is 1.58. The zero-order valence-electron chi connectivity index (χ0n) is 23.3. The normalized spacial score (nSPS) is 28.4. The van der Waals surface area contributed by atoms with E-state index in [0.717, 1.165) is 6.42 Å². The molecule has 2 bridgehead atoms. The molecule has 0 radical (unpaired) electrons. The zero-order chi connectivity index (χ0) is 29.0. The second-order valence-electron chi connectivity index (χ2n) is 10.6. The fourth-order valence-electron chi connectivity index (χ4n) is 6.62. The maximum atomic E-state index is 14.5. The van der Waals surface area contributed by atoms with Crippen LogP contribution < -0.4 is 9.64 Å². The number of likely N-dealkylation sites (tertiary alicyclic amines) is 1. The molecule has 0 aliphatic carbocycles. The van der Waals surface area contributed by atoms with Crippen LogP contribution in [0, 0.1) is 11.8 Å². The maximum Gasteiger partial charge on any atom is 0.253 e. The number of carbonyl (C=O) groups excluding carboxylic acids is 3. The highest BCUT2D eigenvalue weighted by atomic mass is 79.9. The van der Waals surface area contributed by atoms with E-state index >= 15 is 0 Å². The minimum atomic E-state index is -1.15. The largest absolute Gasteiger partial charge is 0.497 e. The van der Waals surface area contributed by atoms with Crippen LogP contribution in [0.1, 0.15) is 32.6 Å². The highest BCUT2D eigenvalue weighted by molar-refractivity contribution is 9.09. The molecule has 9 nitrogen and oxygen atoms in total. The summed E-state index contributed by atoms with van der Waals surface area (Å²) in [6, 6.07) is 6.23. The van der Waals surface area contributed by atoms with Crippen LogP contribution in [0.5, 0.6) is 5.75 Å². The summed E-state index contributed by atoms with van der Waals surface area (Å²) < 4.78 is 11.9. The van der Waals surface area contributed by atoms with Crippen LogP contribution in [-0.4, -0.2) is 95.1 Å². The molecule has 3 unspecified atom stereocenters. The Morgan fingerprint density at radius 2 is 1.90 bits per heavy atom. The summed E-state index contributed by atoms with van der Waals surface area (Å²) in [6.45, 7) is 11.1. The Balaban J connectivity index is 1.77. The average molecular weight is 619 g/mol. The second kappa shape index (κ2) is 12.9. The number of benzene rings is 1. The van der Waals surface area contributed by atoms with Gasteiger partial charge in [-0.2, -0.15) is 0 Å². The van der Waals surface area contributed by atoms with Crippen molar-refractivity contribution in [1.82, 2.24) is 9.80 Å². The van der Waals surface area contributed by atoms with Crippen molar-refractivity contribution < 1.29 is 29.0 Å². The molecule has 3 heterocycles. The molecule has 1 N–H and O–H groups in total. The van der Waals surface area contributed by atoms with E-state index in [9.17, 15) is 19.5 Å². The number of carbonyl (C=O) groups is 3. The molecule has 3 aliphatic rings. The summed E-state index contributed by atoms with van der Waals surface area (Å²) in [4.78, 5) is 47.5. The van der Waals surface area contributed by atoms with Crippen molar-refractivity contribution >= 4 is 39.3 Å². The number of methoxy groups -OCH3 is 1. The van der Waals surface area contributed by atoms with E-state index in [1.165, 1.54) is 0 Å². The molecule has 3 amide bonds. The number of ether oxygens (including phenoxy) is 2. The predicted molar refractivity (Wildman–Crippen MR) is 156 cm³/mol. The molecule has 1 aromatic carbocycles. The number of aliphatic hydroxyl groups excluding tert-OH is 1. The standard InChI is InChI=1S/C30H40BrN3O6/c1-5-14-32(15-6-2)27(36)23-24-28(37)34(17-8-9-18-35)26(30(24)19-22(31)25(23)40-30)29(38)33(16-7-3)20-10-12-21(39-4)13-11-20/h5,7,10-13,22-26,35H,1,3,6,8-9,14-19H2,2,4H3/t22?,23-,24+,25-,26?,30?/m1/s1. The lowest BCUT2D eigenvalue weighted by molar-refractivity contribution is -0.145. The quantitative estimate of drug-likeness (QED) is 0.196. The fourth-order valence-corrected chi connectivity index (χ4v) is 7.56. The van der Waals surface area contributed by atoms with E-state index in [4.69, 9.17) is 9.47 Å². The number of unbranched alkanes of at least 4 members (excludes halogenated alkanes) is 1. The average Bonchev–Trinajstić information content (AvgIpc) is 3.54. The lowest BCUT2D eigenvalue weighted by Crippen LogP contribution is -2.57. The molecule has 0 saturated carbocycles. The number of halogens is 1. The minimum Gasteiger partial charge on any atom is -0.497 e. The molecule has 1 aromatic rings. The number of amides is 3. The summed E-state index contributed by atoms with van der Waals surface area (Å²) in [5, 5.41) is 9.42. The van der Waals surface area contributed by atoms with Gasteiger partial charge < -0.3 is 29.3 Å². The molecular weight excluding hydrogens is 578 g/mol. The Kier molecular flexibility index (Phi) is 9.74. The van der Waals surface area contributed by atoms with Crippen LogP contribution in [0.15, 0.2) is 49.6 Å². The van der Waals surface area contributed by atoms with Gasteiger partial charge in [0.25, 0.3) is 5.91 Å². The highest BCUT2D eigenvalue weighted by Gasteiger charge is 2.76. The topological polar surface area (TPSA) is 99.6 Å². The first-order valence-electron chi connectivity index (χ1n) is 14.0. The predicted octanol–water partition coefficient (Wildman–Crippen LogP) is 3.16. The van der Waals surface area contributed by atoms with Gasteiger partial charge >= 0.3 is 0 Å². The maximum absolute atomic E-state index is 14.5. The van der Waals surface area contributed by atoms with Gasteiger partial charge in [-0.3, -0.25) is 14.4 Å². The van der Waals surface area contributed by atoms with Crippen molar-refractivity contribution in [2.24, 2.45) is 11.8 Å². The van der Waals surface area contributed by atoms with Crippen LogP contribution in [0.25, 0.3) is 0 Å². The lowest BCUT2D eigenvalue weighted by atomic mass is 9.70. The molecule has 3 fully saturated rings. The number of alkyl halides is 1. The molecule has 218 valence electrons. The zero-order valence-corrected chi connectivity index (χ0v) is 24.9. The molecule has 3 aliphatic heterocycles. The van der Waals surface area contributed by atoms with Crippen LogP contribution in [0.2, 0.25) is 0 Å². The Morgan fingerprint density at radius 1 is 1.20 bits per heavy atom. The van der Waals surface area contributed by atoms with E-state index in [0.29, 0.717) is 43.8 Å². The molecule has 6 atom stereocenters. The van der Waals surface area contributed by atoms with E-state index in [1.807, 2.05) is 6.92 Å². The number of fused-ring (bicyclic) bond motifs is 1. The summed E-state index contributed by atoms with van der Waals surface area (Å²) in [5.41, 5.74) is -0.506. The number of anilines is 1. The monoisotopic (exact) mass is 617 g/mol. The molecular formula is C30H40BrN3O6. The van der Waals surface area contributed by atoms with Gasteiger partial charge in [0.2, 0.25) is 11.8 Å². The smallest absolute Gasteiger partial charge is 0.253 e. The number of nitrogens with zero attached hydrogens (tertiary/aromatic N) is 3. The van der Waals surface area contributed by atoms with Gasteiger partial charge in [-0.1, -0.05) is 35.0 Å². The number of hydrogen-bond donors (Lipinski definition) is 1. The van der Waals surface area contributed by atoms with E-state index in [1.54, 1.807) is 58.2 Å². The van der Waals surface area contributed by atoms with Crippen molar-refractivity contribution in [3.05, 3.63) is 49.6 Å². The van der Waals surface area contributed by atoms with Crippen LogP contribution in [-0.2, 0) is 19.1 Å². The van der Waals surface area contributed by atoms with E-state index in [2.05, 4.69) is 29.1 Å². The first kappa shape index (κ1) is 30.3.